The average molecular weight is 327 g/mol. The molecule has 6 heteroatoms. The van der Waals surface area contributed by atoms with Crippen molar-refractivity contribution in [2.24, 2.45) is 0 Å². The Morgan fingerprint density at radius 2 is 1.67 bits per heavy atom. The van der Waals surface area contributed by atoms with Gasteiger partial charge in [-0.25, -0.2) is 9.18 Å². The molecule has 1 fully saturated rings. The lowest BCUT2D eigenvalue weighted by molar-refractivity contribution is -0.115. The van der Waals surface area contributed by atoms with Gasteiger partial charge in [-0.2, -0.15) is 0 Å². The molecule has 0 bridgehead atoms. The van der Waals surface area contributed by atoms with Crippen LogP contribution in [0.15, 0.2) is 48.5 Å². The third kappa shape index (κ3) is 4.81. The van der Waals surface area contributed by atoms with Crippen molar-refractivity contribution < 1.29 is 14.0 Å². The lowest BCUT2D eigenvalue weighted by Crippen LogP contribution is -2.30. The number of nitrogens with one attached hydrogen (secondary N) is 3. The van der Waals surface area contributed by atoms with Gasteiger partial charge in [0.2, 0.25) is 5.91 Å². The first-order chi connectivity index (χ1) is 11.6. The SMILES string of the molecule is O=C(Cc1cccc(F)c1)Nc1ccc(NC(=O)NC2CC2)cc1. The van der Waals surface area contributed by atoms with Crippen molar-refractivity contribution in [1.29, 1.82) is 0 Å². The molecule has 0 radical (unpaired) electrons. The number of hydrogen-bond acceptors (Lipinski definition) is 2. The molecule has 2 aromatic carbocycles. The molecule has 0 spiro atoms. The Bertz CT molecular complexity index is 742. The number of carbonyl (C=O) groups is 2. The van der Waals surface area contributed by atoms with Gasteiger partial charge < -0.3 is 16.0 Å². The quantitative estimate of drug-likeness (QED) is 0.788. The van der Waals surface area contributed by atoms with Crippen LogP contribution in [0.1, 0.15) is 18.4 Å². The smallest absolute Gasteiger partial charge is 0.319 e. The summed E-state index contributed by atoms with van der Waals surface area (Å²) >= 11 is 0. The van der Waals surface area contributed by atoms with Crippen LogP contribution in [0.25, 0.3) is 0 Å². The second-order valence-corrected chi connectivity index (χ2v) is 5.80. The van der Waals surface area contributed by atoms with E-state index in [0.29, 0.717) is 23.0 Å². The van der Waals surface area contributed by atoms with E-state index in [-0.39, 0.29) is 24.2 Å². The van der Waals surface area contributed by atoms with E-state index in [1.165, 1.54) is 12.1 Å². The van der Waals surface area contributed by atoms with Crippen LogP contribution in [0.4, 0.5) is 20.6 Å². The van der Waals surface area contributed by atoms with E-state index in [4.69, 9.17) is 0 Å². The number of anilines is 2. The Hall–Kier alpha value is -2.89. The summed E-state index contributed by atoms with van der Waals surface area (Å²) in [4.78, 5) is 23.6. The minimum absolute atomic E-state index is 0.0988. The van der Waals surface area contributed by atoms with Crippen LogP contribution in [0.3, 0.4) is 0 Å². The zero-order valence-electron chi connectivity index (χ0n) is 13.0. The van der Waals surface area contributed by atoms with E-state index in [0.717, 1.165) is 12.8 Å². The van der Waals surface area contributed by atoms with Crippen LogP contribution in [0.5, 0.6) is 0 Å². The van der Waals surface area contributed by atoms with E-state index < -0.39 is 0 Å². The summed E-state index contributed by atoms with van der Waals surface area (Å²) in [5.41, 5.74) is 1.88. The van der Waals surface area contributed by atoms with Crippen molar-refractivity contribution in [2.75, 3.05) is 10.6 Å². The number of halogens is 1. The molecule has 0 heterocycles. The molecule has 1 aliphatic carbocycles. The maximum Gasteiger partial charge on any atom is 0.319 e. The molecular formula is C18H18FN3O2. The maximum atomic E-state index is 13.1. The first-order valence-corrected chi connectivity index (χ1v) is 7.80. The molecule has 124 valence electrons. The van der Waals surface area contributed by atoms with Gasteiger partial charge in [-0.3, -0.25) is 4.79 Å². The topological polar surface area (TPSA) is 70.2 Å². The highest BCUT2D eigenvalue weighted by Gasteiger charge is 2.23. The molecule has 0 unspecified atom stereocenters. The molecule has 0 aromatic heterocycles. The van der Waals surface area contributed by atoms with Gasteiger partial charge in [0.1, 0.15) is 5.82 Å². The van der Waals surface area contributed by atoms with Crippen molar-refractivity contribution in [3.63, 3.8) is 0 Å². The summed E-state index contributed by atoms with van der Waals surface area (Å²) in [7, 11) is 0. The maximum absolute atomic E-state index is 13.1. The number of amides is 3. The lowest BCUT2D eigenvalue weighted by atomic mass is 10.1. The largest absolute Gasteiger partial charge is 0.335 e. The highest BCUT2D eigenvalue weighted by Crippen LogP contribution is 2.19. The van der Waals surface area contributed by atoms with Gasteiger partial charge in [0.25, 0.3) is 0 Å². The van der Waals surface area contributed by atoms with Crippen LogP contribution in [0, 0.1) is 5.82 Å². The highest BCUT2D eigenvalue weighted by atomic mass is 19.1. The molecule has 0 aliphatic heterocycles. The van der Waals surface area contributed by atoms with Crippen LogP contribution < -0.4 is 16.0 Å². The lowest BCUT2D eigenvalue weighted by Gasteiger charge is -2.09. The summed E-state index contributed by atoms with van der Waals surface area (Å²) < 4.78 is 13.1. The van der Waals surface area contributed by atoms with Crippen molar-refractivity contribution in [2.45, 2.75) is 25.3 Å². The van der Waals surface area contributed by atoms with Gasteiger partial charge in [-0.15, -0.1) is 0 Å². The Morgan fingerprint density at radius 1 is 1.00 bits per heavy atom. The van der Waals surface area contributed by atoms with Crippen LogP contribution in [-0.2, 0) is 11.2 Å². The second kappa shape index (κ2) is 7.12. The first kappa shape index (κ1) is 16.0. The third-order valence-electron chi connectivity index (χ3n) is 3.59. The Morgan fingerprint density at radius 3 is 2.29 bits per heavy atom. The molecule has 0 saturated heterocycles. The number of rotatable bonds is 5. The highest BCUT2D eigenvalue weighted by molar-refractivity contribution is 5.93. The first-order valence-electron chi connectivity index (χ1n) is 7.80. The fraction of sp³-hybridized carbons (Fsp3) is 0.222. The Balaban J connectivity index is 1.51. The Kier molecular flexibility index (Phi) is 4.74. The molecule has 24 heavy (non-hydrogen) atoms. The molecule has 3 N–H and O–H groups in total. The van der Waals surface area contributed by atoms with E-state index in [2.05, 4.69) is 16.0 Å². The molecule has 1 aliphatic rings. The molecule has 2 aromatic rings. The predicted molar refractivity (Wildman–Crippen MR) is 90.4 cm³/mol. The van der Waals surface area contributed by atoms with E-state index in [1.54, 1.807) is 36.4 Å². The van der Waals surface area contributed by atoms with Gasteiger partial charge in [-0.05, 0) is 54.8 Å². The predicted octanol–water partition coefficient (Wildman–Crippen LogP) is 3.29. The van der Waals surface area contributed by atoms with E-state index >= 15 is 0 Å². The third-order valence-corrected chi connectivity index (χ3v) is 3.59. The minimum Gasteiger partial charge on any atom is -0.335 e. The molecule has 1 saturated carbocycles. The summed E-state index contributed by atoms with van der Waals surface area (Å²) in [6.07, 6.45) is 2.16. The second-order valence-electron chi connectivity index (χ2n) is 5.80. The van der Waals surface area contributed by atoms with Crippen molar-refractivity contribution in [3.05, 3.63) is 59.9 Å². The number of benzene rings is 2. The standard InChI is InChI=1S/C18H18FN3O2/c19-13-3-1-2-12(10-13)11-17(23)20-14-4-6-15(7-5-14)21-18(24)22-16-8-9-16/h1-7,10,16H,8-9,11H2,(H,20,23)(H2,21,22,24). The van der Waals surface area contributed by atoms with Crippen molar-refractivity contribution in [3.8, 4) is 0 Å². The summed E-state index contributed by atoms with van der Waals surface area (Å²) in [6.45, 7) is 0. The average Bonchev–Trinajstić information content (AvgIpc) is 3.33. The number of hydrogen-bond donors (Lipinski definition) is 3. The molecule has 3 amide bonds. The molecule has 3 rings (SSSR count). The van der Waals surface area contributed by atoms with Gasteiger partial charge in [0.05, 0.1) is 6.42 Å². The van der Waals surface area contributed by atoms with Gasteiger partial charge in [0.15, 0.2) is 0 Å². The van der Waals surface area contributed by atoms with Crippen LogP contribution in [-0.4, -0.2) is 18.0 Å². The monoisotopic (exact) mass is 327 g/mol. The van der Waals surface area contributed by atoms with Gasteiger partial charge in [-0.1, -0.05) is 12.1 Å². The summed E-state index contributed by atoms with van der Waals surface area (Å²) in [5, 5.41) is 8.31. The molecule has 5 nitrogen and oxygen atoms in total. The summed E-state index contributed by atoms with van der Waals surface area (Å²) in [5.74, 6) is -0.590. The zero-order chi connectivity index (χ0) is 16.9. The van der Waals surface area contributed by atoms with Gasteiger partial charge in [0, 0.05) is 17.4 Å². The Labute approximate surface area is 139 Å². The minimum atomic E-state index is -0.361. The van der Waals surface area contributed by atoms with Crippen molar-refractivity contribution >= 4 is 23.3 Å². The summed E-state index contributed by atoms with van der Waals surface area (Å²) in [6, 6.07) is 12.9. The molecular weight excluding hydrogens is 309 g/mol. The molecule has 0 atom stereocenters. The fourth-order valence-electron chi connectivity index (χ4n) is 2.25. The normalized spacial score (nSPS) is 13.2. The number of urea groups is 1. The van der Waals surface area contributed by atoms with Gasteiger partial charge >= 0.3 is 6.03 Å². The number of carbonyl (C=O) groups excluding carboxylic acids is 2. The van der Waals surface area contributed by atoms with E-state index in [9.17, 15) is 14.0 Å². The van der Waals surface area contributed by atoms with Crippen molar-refractivity contribution in [1.82, 2.24) is 5.32 Å². The van der Waals surface area contributed by atoms with Crippen LogP contribution >= 0.6 is 0 Å². The van der Waals surface area contributed by atoms with E-state index in [1.807, 2.05) is 0 Å². The fourth-order valence-corrected chi connectivity index (χ4v) is 2.25. The van der Waals surface area contributed by atoms with Crippen LogP contribution in [0.2, 0.25) is 0 Å². The zero-order valence-corrected chi connectivity index (χ0v) is 13.0.